The number of hydrogen-bond donors (Lipinski definition) is 0. The average molecular weight is 251 g/mol. The van der Waals surface area contributed by atoms with Crippen LogP contribution in [0.4, 0.5) is 0 Å². The summed E-state index contributed by atoms with van der Waals surface area (Å²) in [6.45, 7) is 2.26. The number of ether oxygens (including phenoxy) is 1. The van der Waals surface area contributed by atoms with Crippen LogP contribution in [-0.4, -0.2) is 16.7 Å². The highest BCUT2D eigenvalue weighted by molar-refractivity contribution is 6.16. The van der Waals surface area contributed by atoms with E-state index in [1.807, 2.05) is 12.1 Å². The van der Waals surface area contributed by atoms with E-state index in [0.717, 1.165) is 22.6 Å². The minimum atomic E-state index is 0.216. The number of hydrogen-bond acceptors (Lipinski definition) is 2. The molecule has 90 valence electrons. The van der Waals surface area contributed by atoms with Gasteiger partial charge in [0, 0.05) is 11.6 Å². The fourth-order valence-corrected chi connectivity index (χ4v) is 2.51. The van der Waals surface area contributed by atoms with Crippen molar-refractivity contribution in [2.45, 2.75) is 31.2 Å². The lowest BCUT2D eigenvalue weighted by atomic mass is 10.2. The van der Waals surface area contributed by atoms with Gasteiger partial charge >= 0.3 is 0 Å². The molecular formula is C13H15ClN2O. The number of alkyl halides is 1. The van der Waals surface area contributed by atoms with Gasteiger partial charge in [0.15, 0.2) is 0 Å². The van der Waals surface area contributed by atoms with Gasteiger partial charge in [-0.05, 0) is 31.9 Å². The SMILES string of the molecule is COc1ccc2c(c1)nc(CCl)n2C1(C)CC1. The molecule has 1 heterocycles. The number of imidazole rings is 1. The van der Waals surface area contributed by atoms with Crippen molar-refractivity contribution in [3.8, 4) is 5.75 Å². The van der Waals surface area contributed by atoms with Gasteiger partial charge in [0.05, 0.1) is 24.0 Å². The molecule has 1 aromatic heterocycles. The van der Waals surface area contributed by atoms with Crippen molar-refractivity contribution in [1.29, 1.82) is 0 Å². The standard InChI is InChI=1S/C13H15ClN2O/c1-13(5-6-13)16-11-4-3-9(17-2)7-10(11)15-12(16)8-14/h3-4,7H,5-6,8H2,1-2H3. The molecule has 4 heteroatoms. The topological polar surface area (TPSA) is 27.1 Å². The minimum Gasteiger partial charge on any atom is -0.497 e. The van der Waals surface area contributed by atoms with Gasteiger partial charge in [0.25, 0.3) is 0 Å². The summed E-state index contributed by atoms with van der Waals surface area (Å²) in [6.07, 6.45) is 2.41. The summed E-state index contributed by atoms with van der Waals surface area (Å²) in [5, 5.41) is 0. The second kappa shape index (κ2) is 3.64. The van der Waals surface area contributed by atoms with Crippen LogP contribution in [0.1, 0.15) is 25.6 Å². The predicted octanol–water partition coefficient (Wildman–Crippen LogP) is 3.29. The van der Waals surface area contributed by atoms with Gasteiger partial charge in [0.1, 0.15) is 11.6 Å². The first-order valence-corrected chi connectivity index (χ1v) is 6.33. The number of aromatic nitrogens is 2. The Labute approximate surface area is 105 Å². The Kier molecular flexibility index (Phi) is 2.33. The monoisotopic (exact) mass is 250 g/mol. The molecule has 1 saturated carbocycles. The molecule has 17 heavy (non-hydrogen) atoms. The van der Waals surface area contributed by atoms with Gasteiger partial charge in [-0.25, -0.2) is 4.98 Å². The van der Waals surface area contributed by atoms with Crippen molar-refractivity contribution in [3.63, 3.8) is 0 Å². The van der Waals surface area contributed by atoms with E-state index in [4.69, 9.17) is 16.3 Å². The molecule has 1 aliphatic carbocycles. The van der Waals surface area contributed by atoms with Crippen LogP contribution >= 0.6 is 11.6 Å². The van der Waals surface area contributed by atoms with Gasteiger partial charge in [0.2, 0.25) is 0 Å². The summed E-state index contributed by atoms with van der Waals surface area (Å²) in [4.78, 5) is 4.60. The Balaban J connectivity index is 2.25. The van der Waals surface area contributed by atoms with Crippen LogP contribution in [0.3, 0.4) is 0 Å². The molecule has 0 N–H and O–H groups in total. The first-order valence-electron chi connectivity index (χ1n) is 5.80. The smallest absolute Gasteiger partial charge is 0.125 e. The number of nitrogens with zero attached hydrogens (tertiary/aromatic N) is 2. The predicted molar refractivity (Wildman–Crippen MR) is 68.7 cm³/mol. The summed E-state index contributed by atoms with van der Waals surface area (Å²) < 4.78 is 7.51. The number of halogens is 1. The van der Waals surface area contributed by atoms with Gasteiger partial charge in [-0.2, -0.15) is 0 Å². The Bertz CT molecular complexity index is 572. The molecule has 3 nitrogen and oxygen atoms in total. The molecule has 0 saturated heterocycles. The third-order valence-corrected chi connectivity index (χ3v) is 3.80. The zero-order valence-electron chi connectivity index (χ0n) is 10.0. The number of rotatable bonds is 3. The van der Waals surface area contributed by atoms with Gasteiger partial charge in [-0.1, -0.05) is 0 Å². The molecule has 0 radical (unpaired) electrons. The highest BCUT2D eigenvalue weighted by Gasteiger charge is 2.41. The fraction of sp³-hybridized carbons (Fsp3) is 0.462. The molecule has 3 rings (SSSR count). The Morgan fingerprint density at radius 1 is 1.47 bits per heavy atom. The van der Waals surface area contributed by atoms with Crippen molar-refractivity contribution < 1.29 is 4.74 Å². The molecule has 0 bridgehead atoms. The van der Waals surface area contributed by atoms with E-state index in [2.05, 4.69) is 22.5 Å². The van der Waals surface area contributed by atoms with Crippen LogP contribution in [0.15, 0.2) is 18.2 Å². The van der Waals surface area contributed by atoms with E-state index in [1.54, 1.807) is 7.11 Å². The molecule has 2 aromatic rings. The molecular weight excluding hydrogens is 236 g/mol. The summed E-state index contributed by atoms with van der Waals surface area (Å²) in [5.74, 6) is 2.24. The van der Waals surface area contributed by atoms with Crippen LogP contribution in [0.2, 0.25) is 0 Å². The maximum atomic E-state index is 6.00. The molecule has 1 fully saturated rings. The molecule has 0 amide bonds. The molecule has 0 unspecified atom stereocenters. The molecule has 0 atom stereocenters. The average Bonchev–Trinajstić information content (AvgIpc) is 2.96. The summed E-state index contributed by atoms with van der Waals surface area (Å²) in [5.41, 5.74) is 2.34. The van der Waals surface area contributed by atoms with E-state index in [9.17, 15) is 0 Å². The lowest BCUT2D eigenvalue weighted by Gasteiger charge is -2.15. The van der Waals surface area contributed by atoms with Crippen molar-refractivity contribution in [1.82, 2.24) is 9.55 Å². The highest BCUT2D eigenvalue weighted by atomic mass is 35.5. The van der Waals surface area contributed by atoms with Crippen molar-refractivity contribution in [2.24, 2.45) is 0 Å². The number of methoxy groups -OCH3 is 1. The number of benzene rings is 1. The Hall–Kier alpha value is -1.22. The van der Waals surface area contributed by atoms with Gasteiger partial charge in [-0.3, -0.25) is 0 Å². The van der Waals surface area contributed by atoms with E-state index >= 15 is 0 Å². The van der Waals surface area contributed by atoms with Crippen LogP contribution in [0.5, 0.6) is 5.75 Å². The van der Waals surface area contributed by atoms with Gasteiger partial charge in [-0.15, -0.1) is 11.6 Å². The maximum Gasteiger partial charge on any atom is 0.125 e. The summed E-state index contributed by atoms with van der Waals surface area (Å²) in [6, 6.07) is 6.01. The second-order valence-electron chi connectivity index (χ2n) is 4.85. The van der Waals surface area contributed by atoms with E-state index in [-0.39, 0.29) is 5.54 Å². The van der Waals surface area contributed by atoms with Crippen molar-refractivity contribution in [2.75, 3.05) is 7.11 Å². The lowest BCUT2D eigenvalue weighted by molar-refractivity contribution is 0.415. The highest BCUT2D eigenvalue weighted by Crippen LogP contribution is 2.46. The molecule has 1 aromatic carbocycles. The number of fused-ring (bicyclic) bond motifs is 1. The lowest BCUT2D eigenvalue weighted by Crippen LogP contribution is -2.14. The fourth-order valence-electron chi connectivity index (χ4n) is 2.33. The zero-order chi connectivity index (χ0) is 12.0. The van der Waals surface area contributed by atoms with Crippen LogP contribution < -0.4 is 4.74 Å². The second-order valence-corrected chi connectivity index (χ2v) is 5.12. The minimum absolute atomic E-state index is 0.216. The zero-order valence-corrected chi connectivity index (χ0v) is 10.8. The third-order valence-electron chi connectivity index (χ3n) is 3.56. The normalized spacial score (nSPS) is 17.4. The largest absolute Gasteiger partial charge is 0.497 e. The van der Waals surface area contributed by atoms with E-state index < -0.39 is 0 Å². The van der Waals surface area contributed by atoms with E-state index in [1.165, 1.54) is 12.8 Å². The van der Waals surface area contributed by atoms with Crippen LogP contribution in [0, 0.1) is 0 Å². The van der Waals surface area contributed by atoms with Crippen LogP contribution in [-0.2, 0) is 11.4 Å². The molecule has 0 aliphatic heterocycles. The van der Waals surface area contributed by atoms with Crippen molar-refractivity contribution in [3.05, 3.63) is 24.0 Å². The summed E-state index contributed by atoms with van der Waals surface area (Å²) in [7, 11) is 1.67. The molecule has 1 aliphatic rings. The quantitative estimate of drug-likeness (QED) is 0.782. The Morgan fingerprint density at radius 2 is 2.24 bits per heavy atom. The molecule has 0 spiro atoms. The maximum absolute atomic E-state index is 6.00. The Morgan fingerprint density at radius 3 is 2.82 bits per heavy atom. The third kappa shape index (κ3) is 1.61. The first-order chi connectivity index (χ1) is 8.18. The van der Waals surface area contributed by atoms with Gasteiger partial charge < -0.3 is 9.30 Å². The van der Waals surface area contributed by atoms with E-state index in [0.29, 0.717) is 5.88 Å². The summed E-state index contributed by atoms with van der Waals surface area (Å²) >= 11 is 6.00. The van der Waals surface area contributed by atoms with Crippen molar-refractivity contribution >= 4 is 22.6 Å². The van der Waals surface area contributed by atoms with Crippen LogP contribution in [0.25, 0.3) is 11.0 Å². The first kappa shape index (κ1) is 10.9.